The van der Waals surface area contributed by atoms with Crippen LogP contribution >= 0.6 is 0 Å². The second-order valence-corrected chi connectivity index (χ2v) is 11.5. The molecule has 5 rings (SSSR count). The van der Waals surface area contributed by atoms with E-state index in [1.807, 2.05) is 18.2 Å². The van der Waals surface area contributed by atoms with E-state index in [-0.39, 0.29) is 28.9 Å². The Bertz CT molecular complexity index is 1690. The second-order valence-electron chi connectivity index (χ2n) is 9.48. The van der Waals surface area contributed by atoms with Gasteiger partial charge in [0.1, 0.15) is 11.4 Å². The summed E-state index contributed by atoms with van der Waals surface area (Å²) in [6.45, 7) is 3.00. The van der Waals surface area contributed by atoms with Gasteiger partial charge in [0, 0.05) is 30.3 Å². The zero-order valence-corrected chi connectivity index (χ0v) is 22.2. The first kappa shape index (κ1) is 26.3. The maximum Gasteiger partial charge on any atom is 0.211 e. The zero-order valence-electron chi connectivity index (χ0n) is 21.4. The highest BCUT2D eigenvalue weighted by atomic mass is 32.2. The van der Waals surface area contributed by atoms with Gasteiger partial charge in [-0.25, -0.2) is 31.8 Å². The molecule has 0 aliphatic carbocycles. The summed E-state index contributed by atoms with van der Waals surface area (Å²) in [5, 5.41) is 17.6. The number of sulfonamides is 1. The molecule has 0 amide bonds. The smallest absolute Gasteiger partial charge is 0.211 e. The number of piperidine rings is 1. The van der Waals surface area contributed by atoms with Crippen LogP contribution in [0, 0.1) is 24.1 Å². The summed E-state index contributed by atoms with van der Waals surface area (Å²) in [5.74, 6) is -0.791. The molecule has 1 saturated heterocycles. The van der Waals surface area contributed by atoms with Gasteiger partial charge in [0.2, 0.25) is 10.0 Å². The minimum atomic E-state index is -3.19. The molecule has 0 bridgehead atoms. The van der Waals surface area contributed by atoms with Crippen molar-refractivity contribution in [2.75, 3.05) is 25.1 Å². The molecule has 0 spiro atoms. The van der Waals surface area contributed by atoms with Crippen LogP contribution < -0.4 is 5.73 Å². The van der Waals surface area contributed by atoms with Crippen LogP contribution in [0.3, 0.4) is 0 Å². The van der Waals surface area contributed by atoms with Crippen LogP contribution in [-0.4, -0.2) is 62.0 Å². The third-order valence-corrected chi connectivity index (χ3v) is 8.15. The zero-order chi connectivity index (χ0) is 27.7. The Morgan fingerprint density at radius 1 is 1.13 bits per heavy atom. The molecule has 1 aliphatic heterocycles. The third kappa shape index (κ3) is 5.47. The standard InChI is InChI=1S/C26H26FN9O2S/c1-16-18(13-28)5-3-7-20(16)26-31-24(23(27)25(29)32-26)22-15-35(34-33-22)14-19-6-4-8-21(30-19)17-9-11-36(12-10-17)39(2,37)38/h3-8,15,17H,9-12,14H2,1-2H3,(H2,29,31,32). The maximum absolute atomic E-state index is 15.0. The normalized spacial score (nSPS) is 14.8. The van der Waals surface area contributed by atoms with Crippen molar-refractivity contribution in [3.63, 3.8) is 0 Å². The van der Waals surface area contributed by atoms with Crippen LogP contribution in [0.15, 0.2) is 42.6 Å². The van der Waals surface area contributed by atoms with Gasteiger partial charge in [0.15, 0.2) is 17.5 Å². The van der Waals surface area contributed by atoms with Gasteiger partial charge in [-0.1, -0.05) is 23.4 Å². The predicted octanol–water partition coefficient (Wildman–Crippen LogP) is 2.89. The lowest BCUT2D eigenvalue weighted by Gasteiger charge is -2.30. The fourth-order valence-electron chi connectivity index (χ4n) is 4.70. The van der Waals surface area contributed by atoms with Crippen LogP contribution in [0.2, 0.25) is 0 Å². The fourth-order valence-corrected chi connectivity index (χ4v) is 5.57. The molecule has 0 unspecified atom stereocenters. The molecule has 13 heteroatoms. The van der Waals surface area contributed by atoms with Gasteiger partial charge in [-0.2, -0.15) is 5.26 Å². The van der Waals surface area contributed by atoms with Crippen LogP contribution in [-0.2, 0) is 16.6 Å². The number of nitriles is 1. The molecular weight excluding hydrogens is 521 g/mol. The lowest BCUT2D eigenvalue weighted by molar-refractivity contribution is 0.318. The Labute approximate surface area is 225 Å². The Morgan fingerprint density at radius 2 is 1.87 bits per heavy atom. The number of hydrogen-bond donors (Lipinski definition) is 1. The number of halogens is 1. The van der Waals surface area contributed by atoms with Crippen molar-refractivity contribution >= 4 is 15.8 Å². The van der Waals surface area contributed by atoms with E-state index in [0.717, 1.165) is 11.4 Å². The van der Waals surface area contributed by atoms with E-state index in [2.05, 4.69) is 26.3 Å². The van der Waals surface area contributed by atoms with Crippen molar-refractivity contribution in [2.45, 2.75) is 32.2 Å². The maximum atomic E-state index is 15.0. The molecule has 3 aromatic heterocycles. The molecule has 11 nitrogen and oxygen atoms in total. The van der Waals surface area contributed by atoms with Crippen LogP contribution in [0.4, 0.5) is 10.2 Å². The SMILES string of the molecule is Cc1c(C#N)cccc1-c1nc(N)c(F)c(-c2cn(Cc3cccc(C4CCN(S(C)(=O)=O)CC4)n3)nn2)n1. The number of nitrogen functional groups attached to an aromatic ring is 1. The summed E-state index contributed by atoms with van der Waals surface area (Å²) < 4.78 is 41.6. The van der Waals surface area contributed by atoms with E-state index in [4.69, 9.17) is 10.7 Å². The largest absolute Gasteiger partial charge is 0.381 e. The monoisotopic (exact) mass is 547 g/mol. The molecule has 2 N–H and O–H groups in total. The van der Waals surface area contributed by atoms with Crippen LogP contribution in [0.1, 0.15) is 41.3 Å². The Morgan fingerprint density at radius 3 is 2.59 bits per heavy atom. The predicted molar refractivity (Wildman–Crippen MR) is 142 cm³/mol. The number of rotatable bonds is 6. The van der Waals surface area contributed by atoms with Gasteiger partial charge in [0.05, 0.1) is 36.3 Å². The van der Waals surface area contributed by atoms with E-state index >= 15 is 0 Å². The number of aromatic nitrogens is 6. The highest BCUT2D eigenvalue weighted by Gasteiger charge is 2.26. The van der Waals surface area contributed by atoms with Crippen molar-refractivity contribution in [1.82, 2.24) is 34.3 Å². The number of nitrogens with two attached hydrogens (primary N) is 1. The van der Waals surface area contributed by atoms with Crippen LogP contribution in [0.25, 0.3) is 22.8 Å². The highest BCUT2D eigenvalue weighted by Crippen LogP contribution is 2.30. The minimum absolute atomic E-state index is 0.0927. The summed E-state index contributed by atoms with van der Waals surface area (Å²) in [7, 11) is -3.19. The van der Waals surface area contributed by atoms with Gasteiger partial charge in [-0.05, 0) is 43.5 Å². The van der Waals surface area contributed by atoms with Gasteiger partial charge >= 0.3 is 0 Å². The number of anilines is 1. The molecule has 1 aromatic carbocycles. The summed E-state index contributed by atoms with van der Waals surface area (Å²) in [6.07, 6.45) is 4.19. The molecule has 200 valence electrons. The van der Waals surface area contributed by atoms with Crippen molar-refractivity contribution in [2.24, 2.45) is 0 Å². The molecule has 1 fully saturated rings. The van der Waals surface area contributed by atoms with Crippen molar-refractivity contribution in [3.05, 3.63) is 70.9 Å². The molecular formula is C26H26FN9O2S. The topological polar surface area (TPSA) is 157 Å². The third-order valence-electron chi connectivity index (χ3n) is 6.85. The van der Waals surface area contributed by atoms with Gasteiger partial charge in [-0.15, -0.1) is 5.10 Å². The van der Waals surface area contributed by atoms with Crippen molar-refractivity contribution < 1.29 is 12.8 Å². The molecule has 0 atom stereocenters. The summed E-state index contributed by atoms with van der Waals surface area (Å²) in [4.78, 5) is 13.2. The summed E-state index contributed by atoms with van der Waals surface area (Å²) in [5.41, 5.74) is 9.29. The summed E-state index contributed by atoms with van der Waals surface area (Å²) >= 11 is 0. The Hall–Kier alpha value is -4.28. The van der Waals surface area contributed by atoms with Gasteiger partial charge in [0.25, 0.3) is 0 Å². The van der Waals surface area contributed by atoms with Crippen LogP contribution in [0.5, 0.6) is 0 Å². The van der Waals surface area contributed by atoms with E-state index in [0.29, 0.717) is 49.2 Å². The van der Waals surface area contributed by atoms with E-state index in [1.54, 1.807) is 31.3 Å². The first-order valence-electron chi connectivity index (χ1n) is 12.3. The lowest BCUT2D eigenvalue weighted by Crippen LogP contribution is -2.37. The molecule has 0 radical (unpaired) electrons. The number of benzene rings is 1. The average molecular weight is 548 g/mol. The van der Waals surface area contributed by atoms with Gasteiger partial charge < -0.3 is 5.73 Å². The molecule has 1 aliphatic rings. The molecule has 4 aromatic rings. The Kier molecular flexibility index (Phi) is 7.07. The first-order valence-corrected chi connectivity index (χ1v) is 14.1. The first-order chi connectivity index (χ1) is 18.6. The van der Waals surface area contributed by atoms with E-state index in [9.17, 15) is 18.1 Å². The molecule has 0 saturated carbocycles. The number of pyridine rings is 1. The molecule has 4 heterocycles. The Balaban J connectivity index is 1.37. The fraction of sp³-hybridized carbons (Fsp3) is 0.308. The molecule has 39 heavy (non-hydrogen) atoms. The average Bonchev–Trinajstić information content (AvgIpc) is 3.38. The lowest BCUT2D eigenvalue weighted by atomic mass is 9.94. The quantitative estimate of drug-likeness (QED) is 0.383. The van der Waals surface area contributed by atoms with Gasteiger partial charge in [-0.3, -0.25) is 4.98 Å². The second kappa shape index (κ2) is 10.5. The highest BCUT2D eigenvalue weighted by molar-refractivity contribution is 7.88. The van der Waals surface area contributed by atoms with Crippen molar-refractivity contribution in [1.29, 1.82) is 5.26 Å². The number of hydrogen-bond acceptors (Lipinski definition) is 9. The number of nitrogens with zero attached hydrogens (tertiary/aromatic N) is 8. The van der Waals surface area contributed by atoms with Crippen molar-refractivity contribution in [3.8, 4) is 28.8 Å². The van der Waals surface area contributed by atoms with E-state index < -0.39 is 15.8 Å². The summed E-state index contributed by atoms with van der Waals surface area (Å²) in [6, 6.07) is 13.0. The minimum Gasteiger partial charge on any atom is -0.381 e. The van der Waals surface area contributed by atoms with E-state index in [1.165, 1.54) is 15.2 Å².